The normalized spacial score (nSPS) is 23.9. The van der Waals surface area contributed by atoms with E-state index in [9.17, 15) is 8.78 Å². The van der Waals surface area contributed by atoms with Crippen LogP contribution in [0.25, 0.3) is 0 Å². The Morgan fingerprint density at radius 3 is 2.82 bits per heavy atom. The maximum atomic E-state index is 13.0. The summed E-state index contributed by atoms with van der Waals surface area (Å²) in [5, 5.41) is 3.13. The van der Waals surface area contributed by atoms with Crippen molar-refractivity contribution < 1.29 is 13.5 Å². The van der Waals surface area contributed by atoms with E-state index in [1.807, 2.05) is 7.05 Å². The zero-order valence-corrected chi connectivity index (χ0v) is 9.88. The fourth-order valence-corrected chi connectivity index (χ4v) is 2.38. The van der Waals surface area contributed by atoms with Gasteiger partial charge in [-0.1, -0.05) is 0 Å². The molecule has 2 nitrogen and oxygen atoms in total. The van der Waals surface area contributed by atoms with Crippen molar-refractivity contribution in [2.24, 2.45) is 5.92 Å². The lowest BCUT2D eigenvalue weighted by Gasteiger charge is -2.21. The Morgan fingerprint density at radius 1 is 1.29 bits per heavy atom. The minimum atomic E-state index is -0.856. The van der Waals surface area contributed by atoms with Gasteiger partial charge in [0.05, 0.1) is 0 Å². The molecule has 1 aliphatic carbocycles. The Balaban J connectivity index is 2.02. The Bertz CT molecular complexity index is 384. The summed E-state index contributed by atoms with van der Waals surface area (Å²) >= 11 is 0. The molecule has 0 aromatic heterocycles. The van der Waals surface area contributed by atoms with Crippen LogP contribution in [-0.2, 0) is 0 Å². The number of rotatable bonds is 4. The van der Waals surface area contributed by atoms with Gasteiger partial charge in [-0.05, 0) is 38.4 Å². The van der Waals surface area contributed by atoms with Gasteiger partial charge in [0.2, 0.25) is 0 Å². The van der Waals surface area contributed by atoms with Crippen LogP contribution in [0.2, 0.25) is 0 Å². The number of hydrogen-bond donors (Lipinski definition) is 1. The van der Waals surface area contributed by atoms with Crippen molar-refractivity contribution in [2.45, 2.75) is 25.4 Å². The van der Waals surface area contributed by atoms with Gasteiger partial charge < -0.3 is 10.1 Å². The molecule has 2 unspecified atom stereocenters. The van der Waals surface area contributed by atoms with Crippen LogP contribution in [0.3, 0.4) is 0 Å². The zero-order valence-electron chi connectivity index (χ0n) is 9.88. The first-order valence-corrected chi connectivity index (χ1v) is 5.97. The minimum Gasteiger partial charge on any atom is -0.490 e. The van der Waals surface area contributed by atoms with Crippen molar-refractivity contribution in [1.82, 2.24) is 5.32 Å². The average molecular weight is 241 g/mol. The van der Waals surface area contributed by atoms with Crippen LogP contribution >= 0.6 is 0 Å². The topological polar surface area (TPSA) is 21.3 Å². The van der Waals surface area contributed by atoms with E-state index >= 15 is 0 Å². The molecule has 0 amide bonds. The Kier molecular flexibility index (Phi) is 3.94. The van der Waals surface area contributed by atoms with Gasteiger partial charge in [0.15, 0.2) is 11.6 Å². The predicted molar refractivity (Wildman–Crippen MR) is 62.0 cm³/mol. The molecule has 1 fully saturated rings. The van der Waals surface area contributed by atoms with Gasteiger partial charge in [-0.15, -0.1) is 0 Å². The summed E-state index contributed by atoms with van der Waals surface area (Å²) in [6.45, 7) is 0.897. The van der Waals surface area contributed by atoms with Crippen molar-refractivity contribution in [3.05, 3.63) is 29.8 Å². The second-order valence-electron chi connectivity index (χ2n) is 4.48. The van der Waals surface area contributed by atoms with E-state index in [4.69, 9.17) is 4.74 Å². The van der Waals surface area contributed by atoms with Crippen molar-refractivity contribution in [3.8, 4) is 5.75 Å². The number of halogens is 2. The third-order valence-corrected chi connectivity index (χ3v) is 3.23. The van der Waals surface area contributed by atoms with Gasteiger partial charge >= 0.3 is 0 Å². The second kappa shape index (κ2) is 5.45. The van der Waals surface area contributed by atoms with Gasteiger partial charge in [-0.25, -0.2) is 8.78 Å². The van der Waals surface area contributed by atoms with Crippen molar-refractivity contribution in [1.29, 1.82) is 0 Å². The molecule has 17 heavy (non-hydrogen) atoms. The first kappa shape index (κ1) is 12.3. The van der Waals surface area contributed by atoms with Crippen LogP contribution in [-0.4, -0.2) is 19.7 Å². The molecule has 0 spiro atoms. The average Bonchev–Trinajstić information content (AvgIpc) is 2.72. The number of benzene rings is 1. The molecular formula is C13H17F2NO. The molecule has 1 aliphatic rings. The number of hydrogen-bond acceptors (Lipinski definition) is 2. The summed E-state index contributed by atoms with van der Waals surface area (Å²) in [6.07, 6.45) is 3.33. The van der Waals surface area contributed by atoms with Crippen LogP contribution in [0.4, 0.5) is 8.78 Å². The Morgan fingerprint density at radius 2 is 2.12 bits per heavy atom. The molecule has 94 valence electrons. The highest BCUT2D eigenvalue weighted by atomic mass is 19.2. The first-order valence-electron chi connectivity index (χ1n) is 5.97. The summed E-state index contributed by atoms with van der Waals surface area (Å²) < 4.78 is 31.5. The van der Waals surface area contributed by atoms with Gasteiger partial charge in [0.25, 0.3) is 0 Å². The molecule has 1 aromatic carbocycles. The van der Waals surface area contributed by atoms with Crippen molar-refractivity contribution in [2.75, 3.05) is 13.6 Å². The van der Waals surface area contributed by atoms with E-state index < -0.39 is 11.6 Å². The molecular weight excluding hydrogens is 224 g/mol. The molecule has 2 rings (SSSR count). The summed E-state index contributed by atoms with van der Waals surface area (Å²) in [5.41, 5.74) is 0. The van der Waals surface area contributed by atoms with Crippen LogP contribution in [0.15, 0.2) is 18.2 Å². The molecule has 1 N–H and O–H groups in total. The molecule has 1 saturated carbocycles. The van der Waals surface area contributed by atoms with Crippen molar-refractivity contribution in [3.63, 3.8) is 0 Å². The molecule has 0 bridgehead atoms. The highest BCUT2D eigenvalue weighted by Gasteiger charge is 2.28. The monoisotopic (exact) mass is 241 g/mol. The standard InChI is InChI=1S/C13H17F2NO/c1-16-8-9-3-2-4-13(9)17-10-5-6-11(14)12(15)7-10/h5-7,9,13,16H,2-4,8H2,1H3. The maximum Gasteiger partial charge on any atom is 0.162 e. The highest BCUT2D eigenvalue weighted by Crippen LogP contribution is 2.29. The van der Waals surface area contributed by atoms with E-state index in [0.717, 1.165) is 37.9 Å². The second-order valence-corrected chi connectivity index (χ2v) is 4.48. The minimum absolute atomic E-state index is 0.104. The van der Waals surface area contributed by atoms with Gasteiger partial charge in [0.1, 0.15) is 11.9 Å². The summed E-state index contributed by atoms with van der Waals surface area (Å²) in [5.74, 6) is -0.828. The number of ether oxygens (including phenoxy) is 1. The summed E-state index contributed by atoms with van der Waals surface area (Å²) in [6, 6.07) is 3.70. The Hall–Kier alpha value is -1.16. The quantitative estimate of drug-likeness (QED) is 0.875. The maximum absolute atomic E-state index is 13.0. The molecule has 2 atom stereocenters. The van der Waals surface area contributed by atoms with Gasteiger partial charge in [-0.2, -0.15) is 0 Å². The molecule has 0 saturated heterocycles. The lowest BCUT2D eigenvalue weighted by Crippen LogP contribution is -2.29. The van der Waals surface area contributed by atoms with Crippen LogP contribution in [0.5, 0.6) is 5.75 Å². The lowest BCUT2D eigenvalue weighted by molar-refractivity contribution is 0.157. The summed E-state index contributed by atoms with van der Waals surface area (Å²) in [4.78, 5) is 0. The van der Waals surface area contributed by atoms with Crippen LogP contribution in [0, 0.1) is 17.6 Å². The fraction of sp³-hybridized carbons (Fsp3) is 0.538. The van der Waals surface area contributed by atoms with Crippen LogP contribution in [0.1, 0.15) is 19.3 Å². The SMILES string of the molecule is CNCC1CCCC1Oc1ccc(F)c(F)c1. The first-order chi connectivity index (χ1) is 8.20. The third-order valence-electron chi connectivity index (χ3n) is 3.23. The summed E-state index contributed by atoms with van der Waals surface area (Å²) in [7, 11) is 1.91. The zero-order chi connectivity index (χ0) is 12.3. The highest BCUT2D eigenvalue weighted by molar-refractivity contribution is 5.24. The fourth-order valence-electron chi connectivity index (χ4n) is 2.38. The molecule has 0 aliphatic heterocycles. The molecule has 0 radical (unpaired) electrons. The molecule has 0 heterocycles. The van der Waals surface area contributed by atoms with E-state index in [1.165, 1.54) is 6.07 Å². The van der Waals surface area contributed by atoms with Crippen LogP contribution < -0.4 is 10.1 Å². The van der Waals surface area contributed by atoms with Crippen molar-refractivity contribution >= 4 is 0 Å². The van der Waals surface area contributed by atoms with Gasteiger partial charge in [-0.3, -0.25) is 0 Å². The third kappa shape index (κ3) is 2.94. The number of nitrogens with one attached hydrogen (secondary N) is 1. The molecule has 1 aromatic rings. The lowest BCUT2D eigenvalue weighted by atomic mass is 10.1. The van der Waals surface area contributed by atoms with E-state index in [1.54, 1.807) is 0 Å². The van der Waals surface area contributed by atoms with Gasteiger partial charge in [0, 0.05) is 18.5 Å². The largest absolute Gasteiger partial charge is 0.490 e. The Labute approximate surface area is 100.0 Å². The predicted octanol–water partition coefficient (Wildman–Crippen LogP) is 2.73. The van der Waals surface area contributed by atoms with E-state index in [2.05, 4.69) is 5.32 Å². The molecule has 4 heteroatoms. The smallest absolute Gasteiger partial charge is 0.162 e. The van der Waals surface area contributed by atoms with E-state index in [-0.39, 0.29) is 6.10 Å². The van der Waals surface area contributed by atoms with E-state index in [0.29, 0.717) is 11.7 Å².